The number of ether oxygens (including phenoxy) is 2. The van der Waals surface area contributed by atoms with Gasteiger partial charge in [-0.15, -0.1) is 0 Å². The molecule has 1 aromatic carbocycles. The van der Waals surface area contributed by atoms with E-state index < -0.39 is 0 Å². The molecule has 0 aliphatic carbocycles. The molecule has 2 rings (SSSR count). The van der Waals surface area contributed by atoms with Gasteiger partial charge in [0.25, 0.3) is 0 Å². The highest BCUT2D eigenvalue weighted by Crippen LogP contribution is 2.23. The molecule has 0 aliphatic rings. The summed E-state index contributed by atoms with van der Waals surface area (Å²) in [6.45, 7) is 8.37. The minimum absolute atomic E-state index is 0.598. The van der Waals surface area contributed by atoms with Gasteiger partial charge in [0, 0.05) is 5.56 Å². The van der Waals surface area contributed by atoms with E-state index in [1.807, 2.05) is 18.3 Å². The van der Waals surface area contributed by atoms with Crippen LogP contribution in [0.4, 0.5) is 0 Å². The Labute approximate surface area is 209 Å². The topological polar surface area (TPSA) is 31.4 Å². The highest BCUT2D eigenvalue weighted by molar-refractivity contribution is 5.60. The summed E-state index contributed by atoms with van der Waals surface area (Å²) in [4.78, 5) is 4.60. The van der Waals surface area contributed by atoms with Crippen molar-refractivity contribution in [1.82, 2.24) is 4.98 Å². The molecule has 0 saturated heterocycles. The Bertz CT molecular complexity index is 726. The summed E-state index contributed by atoms with van der Waals surface area (Å²) < 4.78 is 11.9. The highest BCUT2D eigenvalue weighted by Gasteiger charge is 2.05. The van der Waals surface area contributed by atoms with Crippen LogP contribution in [0.1, 0.15) is 111 Å². The molecule has 3 heteroatoms. The van der Waals surface area contributed by atoms with Gasteiger partial charge in [-0.25, -0.2) is 0 Å². The minimum atomic E-state index is 0.598. The summed E-state index contributed by atoms with van der Waals surface area (Å²) in [6, 6.07) is 12.4. The Morgan fingerprint density at radius 1 is 0.647 bits per heavy atom. The maximum atomic E-state index is 6.00. The van der Waals surface area contributed by atoms with E-state index in [1.165, 1.54) is 83.5 Å². The second kappa shape index (κ2) is 18.3. The maximum Gasteiger partial charge on any atom is 0.137 e. The predicted molar refractivity (Wildman–Crippen MR) is 146 cm³/mol. The van der Waals surface area contributed by atoms with Crippen molar-refractivity contribution in [1.29, 1.82) is 0 Å². The number of aromatic nitrogens is 1. The van der Waals surface area contributed by atoms with E-state index in [0.717, 1.165) is 42.4 Å². The van der Waals surface area contributed by atoms with Crippen molar-refractivity contribution in [2.24, 2.45) is 5.92 Å². The van der Waals surface area contributed by atoms with Crippen LogP contribution >= 0.6 is 0 Å². The van der Waals surface area contributed by atoms with Crippen LogP contribution in [0.5, 0.6) is 11.5 Å². The molecule has 0 aliphatic heterocycles. The zero-order valence-corrected chi connectivity index (χ0v) is 22.2. The molecule has 0 fully saturated rings. The lowest BCUT2D eigenvalue weighted by atomic mass is 10.0. The molecule has 1 aromatic heterocycles. The third kappa shape index (κ3) is 12.4. The molecule has 2 aromatic rings. The Morgan fingerprint density at radius 2 is 1.24 bits per heavy atom. The van der Waals surface area contributed by atoms with Crippen LogP contribution in [0.25, 0.3) is 11.3 Å². The molecule has 3 nitrogen and oxygen atoms in total. The summed E-state index contributed by atoms with van der Waals surface area (Å²) >= 11 is 0. The van der Waals surface area contributed by atoms with Gasteiger partial charge in [-0.2, -0.15) is 0 Å². The maximum absolute atomic E-state index is 6.00. The van der Waals surface area contributed by atoms with Gasteiger partial charge in [0.1, 0.15) is 11.5 Å². The lowest BCUT2D eigenvalue weighted by Gasteiger charge is -2.13. The first-order valence-corrected chi connectivity index (χ1v) is 14.0. The van der Waals surface area contributed by atoms with Crippen LogP contribution in [0, 0.1) is 5.92 Å². The molecule has 1 heterocycles. The van der Waals surface area contributed by atoms with Crippen molar-refractivity contribution in [3.05, 3.63) is 42.6 Å². The molecular formula is C31H49NO2. The fraction of sp³-hybridized carbons (Fsp3) is 0.645. The van der Waals surface area contributed by atoms with E-state index in [4.69, 9.17) is 9.47 Å². The van der Waals surface area contributed by atoms with Gasteiger partial charge < -0.3 is 9.47 Å². The zero-order chi connectivity index (χ0) is 24.3. The largest absolute Gasteiger partial charge is 0.493 e. The summed E-state index contributed by atoms with van der Waals surface area (Å²) in [6.07, 6.45) is 20.3. The third-order valence-corrected chi connectivity index (χ3v) is 6.49. The molecule has 0 radical (unpaired) electrons. The monoisotopic (exact) mass is 467 g/mol. The highest BCUT2D eigenvalue weighted by atomic mass is 16.5. The SMILES string of the molecule is CCCCCCCCCCCOc1ccc(-c2ccc(OCC(C)CCCCCC)cc2)nc1. The first-order chi connectivity index (χ1) is 16.7. The van der Waals surface area contributed by atoms with Crippen molar-refractivity contribution in [3.63, 3.8) is 0 Å². The third-order valence-electron chi connectivity index (χ3n) is 6.49. The van der Waals surface area contributed by atoms with Crippen molar-refractivity contribution in [3.8, 4) is 22.8 Å². The predicted octanol–water partition coefficient (Wildman–Crippen LogP) is 9.64. The Kier molecular flexibility index (Phi) is 15.2. The Balaban J connectivity index is 1.61. The van der Waals surface area contributed by atoms with Gasteiger partial charge in [0.15, 0.2) is 0 Å². The fourth-order valence-electron chi connectivity index (χ4n) is 4.20. The quantitative estimate of drug-likeness (QED) is 0.182. The molecule has 1 atom stereocenters. The number of pyridine rings is 1. The first-order valence-electron chi connectivity index (χ1n) is 14.0. The number of unbranched alkanes of at least 4 members (excludes halogenated alkanes) is 11. The smallest absolute Gasteiger partial charge is 0.137 e. The van der Waals surface area contributed by atoms with Gasteiger partial charge in [-0.1, -0.05) is 97.8 Å². The molecule has 0 bridgehead atoms. The van der Waals surface area contributed by atoms with Crippen LogP contribution < -0.4 is 9.47 Å². The standard InChI is InChI=1S/C31H49NO2/c1-4-6-8-10-11-12-13-14-16-24-33-30-22-23-31(32-25-30)28-18-20-29(21-19-28)34-26-27(3)17-15-9-7-5-2/h18-23,25,27H,4-17,24,26H2,1-3H3. The minimum Gasteiger partial charge on any atom is -0.493 e. The first kappa shape index (κ1) is 28.2. The molecule has 1 unspecified atom stereocenters. The average molecular weight is 468 g/mol. The van der Waals surface area contributed by atoms with E-state index in [1.54, 1.807) is 0 Å². The molecule has 190 valence electrons. The van der Waals surface area contributed by atoms with Crippen LogP contribution in [0.2, 0.25) is 0 Å². The van der Waals surface area contributed by atoms with E-state index >= 15 is 0 Å². The zero-order valence-electron chi connectivity index (χ0n) is 22.2. The molecule has 34 heavy (non-hydrogen) atoms. The van der Waals surface area contributed by atoms with Crippen LogP contribution in [0.3, 0.4) is 0 Å². The summed E-state index contributed by atoms with van der Waals surface area (Å²) in [5, 5.41) is 0. The number of hydrogen-bond acceptors (Lipinski definition) is 3. The molecule has 0 N–H and O–H groups in total. The number of rotatable bonds is 20. The second-order valence-corrected chi connectivity index (χ2v) is 9.85. The van der Waals surface area contributed by atoms with Crippen LogP contribution in [0.15, 0.2) is 42.6 Å². The number of nitrogens with zero attached hydrogens (tertiary/aromatic N) is 1. The van der Waals surface area contributed by atoms with E-state index in [9.17, 15) is 0 Å². The van der Waals surface area contributed by atoms with Gasteiger partial charge in [0.05, 0.1) is 25.1 Å². The fourth-order valence-corrected chi connectivity index (χ4v) is 4.20. The molecule has 0 spiro atoms. The second-order valence-electron chi connectivity index (χ2n) is 9.85. The van der Waals surface area contributed by atoms with Crippen LogP contribution in [-0.2, 0) is 0 Å². The Morgan fingerprint density at radius 3 is 1.85 bits per heavy atom. The van der Waals surface area contributed by atoms with Crippen molar-refractivity contribution in [2.75, 3.05) is 13.2 Å². The summed E-state index contributed by atoms with van der Waals surface area (Å²) in [5.41, 5.74) is 2.07. The van der Waals surface area contributed by atoms with Gasteiger partial charge in [-0.05, 0) is 55.2 Å². The van der Waals surface area contributed by atoms with E-state index in [2.05, 4.69) is 50.0 Å². The van der Waals surface area contributed by atoms with Gasteiger partial charge >= 0.3 is 0 Å². The van der Waals surface area contributed by atoms with E-state index in [-0.39, 0.29) is 0 Å². The van der Waals surface area contributed by atoms with Gasteiger partial charge in [0.2, 0.25) is 0 Å². The van der Waals surface area contributed by atoms with Crippen LogP contribution in [-0.4, -0.2) is 18.2 Å². The summed E-state index contributed by atoms with van der Waals surface area (Å²) in [5.74, 6) is 2.39. The Hall–Kier alpha value is -2.03. The van der Waals surface area contributed by atoms with Crippen molar-refractivity contribution in [2.45, 2.75) is 111 Å². The summed E-state index contributed by atoms with van der Waals surface area (Å²) in [7, 11) is 0. The molecule has 0 amide bonds. The van der Waals surface area contributed by atoms with Crippen molar-refractivity contribution < 1.29 is 9.47 Å². The average Bonchev–Trinajstić information content (AvgIpc) is 2.87. The molecule has 0 saturated carbocycles. The van der Waals surface area contributed by atoms with Crippen molar-refractivity contribution >= 4 is 0 Å². The normalized spacial score (nSPS) is 12.0. The number of benzene rings is 1. The molecular weight excluding hydrogens is 418 g/mol. The number of hydrogen-bond donors (Lipinski definition) is 0. The van der Waals surface area contributed by atoms with Gasteiger partial charge in [-0.3, -0.25) is 4.98 Å². The lowest BCUT2D eigenvalue weighted by molar-refractivity contribution is 0.249. The van der Waals surface area contributed by atoms with E-state index in [0.29, 0.717) is 5.92 Å². The lowest BCUT2D eigenvalue weighted by Crippen LogP contribution is -2.08.